The van der Waals surface area contributed by atoms with Crippen LogP contribution in [0.15, 0.2) is 47.5 Å². The summed E-state index contributed by atoms with van der Waals surface area (Å²) in [6.07, 6.45) is 5.92. The molecule has 7 nitrogen and oxygen atoms in total. The standard InChI is InChI=1S/C27H39N5O2S/c1-21(2)19-23-10-13-26-25(20-31(4)28-26)27(23)29-35(33,34)24-11-8-22(9-12-24)7-5-15-32-16-6-14-30(3)17-18-32/h8-13,20-21,29H,5-7,14-19H2,1-4H3. The van der Waals surface area contributed by atoms with Crippen LogP contribution < -0.4 is 4.72 Å². The number of hydrogen-bond donors (Lipinski definition) is 1. The normalized spacial score (nSPS) is 16.1. The molecule has 1 saturated heterocycles. The Morgan fingerprint density at radius 1 is 1.00 bits per heavy atom. The van der Waals surface area contributed by atoms with E-state index in [1.54, 1.807) is 16.8 Å². The van der Waals surface area contributed by atoms with Crippen molar-refractivity contribution in [3.8, 4) is 0 Å². The van der Waals surface area contributed by atoms with Gasteiger partial charge in [-0.15, -0.1) is 0 Å². The second-order valence-electron chi connectivity index (χ2n) is 10.3. The Morgan fingerprint density at radius 2 is 1.77 bits per heavy atom. The van der Waals surface area contributed by atoms with Crippen LogP contribution in [0, 0.1) is 5.92 Å². The van der Waals surface area contributed by atoms with E-state index >= 15 is 0 Å². The van der Waals surface area contributed by atoms with E-state index in [1.165, 1.54) is 18.5 Å². The molecule has 1 aromatic heterocycles. The second kappa shape index (κ2) is 11.1. The van der Waals surface area contributed by atoms with E-state index in [1.807, 2.05) is 37.5 Å². The molecule has 0 spiro atoms. The quantitative estimate of drug-likeness (QED) is 0.481. The number of aromatic nitrogens is 2. The highest BCUT2D eigenvalue weighted by atomic mass is 32.2. The van der Waals surface area contributed by atoms with Crippen molar-refractivity contribution >= 4 is 26.6 Å². The van der Waals surface area contributed by atoms with Crippen molar-refractivity contribution < 1.29 is 8.42 Å². The molecule has 190 valence electrons. The first-order valence-corrected chi connectivity index (χ1v) is 14.2. The molecular formula is C27H39N5O2S. The Bertz CT molecular complexity index is 1230. The lowest BCUT2D eigenvalue weighted by Crippen LogP contribution is -2.29. The fourth-order valence-electron chi connectivity index (χ4n) is 4.85. The van der Waals surface area contributed by atoms with Crippen molar-refractivity contribution in [2.24, 2.45) is 13.0 Å². The van der Waals surface area contributed by atoms with Crippen LogP contribution in [0.25, 0.3) is 10.9 Å². The number of nitrogens with one attached hydrogen (secondary N) is 1. The molecule has 0 unspecified atom stereocenters. The van der Waals surface area contributed by atoms with Gasteiger partial charge in [0.25, 0.3) is 10.0 Å². The number of aryl methyl sites for hydroxylation is 2. The predicted octanol–water partition coefficient (Wildman–Crippen LogP) is 4.14. The highest BCUT2D eigenvalue weighted by Gasteiger charge is 2.20. The number of likely N-dealkylation sites (N-methyl/N-ethyl adjacent to an activating group) is 1. The Morgan fingerprint density at radius 3 is 2.51 bits per heavy atom. The van der Waals surface area contributed by atoms with Gasteiger partial charge in [0.2, 0.25) is 0 Å². The molecule has 0 bridgehead atoms. The van der Waals surface area contributed by atoms with Crippen LogP contribution in [0.3, 0.4) is 0 Å². The van der Waals surface area contributed by atoms with E-state index in [9.17, 15) is 8.42 Å². The summed E-state index contributed by atoms with van der Waals surface area (Å²) in [4.78, 5) is 5.22. The molecule has 35 heavy (non-hydrogen) atoms. The summed E-state index contributed by atoms with van der Waals surface area (Å²) in [6.45, 7) is 9.95. The average Bonchev–Trinajstić information content (AvgIpc) is 3.07. The number of hydrogen-bond acceptors (Lipinski definition) is 5. The molecule has 0 atom stereocenters. The second-order valence-corrected chi connectivity index (χ2v) is 12.0. The Balaban J connectivity index is 1.44. The molecule has 3 aromatic rings. The van der Waals surface area contributed by atoms with Crippen LogP contribution in [-0.4, -0.2) is 67.8 Å². The first kappa shape index (κ1) is 25.7. The van der Waals surface area contributed by atoms with E-state index in [0.717, 1.165) is 61.9 Å². The van der Waals surface area contributed by atoms with Crippen molar-refractivity contribution in [3.63, 3.8) is 0 Å². The largest absolute Gasteiger partial charge is 0.305 e. The fourth-order valence-corrected chi connectivity index (χ4v) is 5.97. The molecule has 4 rings (SSSR count). The first-order chi connectivity index (χ1) is 16.7. The number of benzene rings is 2. The van der Waals surface area contributed by atoms with E-state index in [0.29, 0.717) is 11.6 Å². The topological polar surface area (TPSA) is 70.5 Å². The summed E-state index contributed by atoms with van der Waals surface area (Å²) in [7, 11) is 0.325. The lowest BCUT2D eigenvalue weighted by molar-refractivity contribution is 0.273. The zero-order chi connectivity index (χ0) is 25.0. The van der Waals surface area contributed by atoms with Gasteiger partial charge in [0, 0.05) is 31.7 Å². The van der Waals surface area contributed by atoms with Gasteiger partial charge in [-0.1, -0.05) is 32.0 Å². The highest BCUT2D eigenvalue weighted by Crippen LogP contribution is 2.31. The van der Waals surface area contributed by atoms with Gasteiger partial charge < -0.3 is 9.80 Å². The molecule has 0 saturated carbocycles. The van der Waals surface area contributed by atoms with Gasteiger partial charge in [0.1, 0.15) is 0 Å². The van der Waals surface area contributed by atoms with Gasteiger partial charge in [0.05, 0.1) is 16.1 Å². The van der Waals surface area contributed by atoms with Crippen molar-refractivity contribution in [1.82, 2.24) is 19.6 Å². The third-order valence-corrected chi connectivity index (χ3v) is 8.11. The zero-order valence-corrected chi connectivity index (χ0v) is 22.3. The monoisotopic (exact) mass is 497 g/mol. The van der Waals surface area contributed by atoms with Crippen LogP contribution >= 0.6 is 0 Å². The van der Waals surface area contributed by atoms with Crippen molar-refractivity contribution in [1.29, 1.82) is 0 Å². The van der Waals surface area contributed by atoms with Gasteiger partial charge >= 0.3 is 0 Å². The first-order valence-electron chi connectivity index (χ1n) is 12.7. The minimum atomic E-state index is -3.72. The van der Waals surface area contributed by atoms with Crippen molar-refractivity contribution in [3.05, 3.63) is 53.7 Å². The molecule has 0 aliphatic carbocycles. The summed E-state index contributed by atoms with van der Waals surface area (Å²) in [5.41, 5.74) is 3.58. The maximum absolute atomic E-state index is 13.3. The molecule has 1 N–H and O–H groups in total. The van der Waals surface area contributed by atoms with E-state index < -0.39 is 10.0 Å². The number of sulfonamides is 1. The van der Waals surface area contributed by atoms with Gasteiger partial charge in [-0.25, -0.2) is 8.42 Å². The van der Waals surface area contributed by atoms with Crippen LogP contribution in [0.2, 0.25) is 0 Å². The maximum atomic E-state index is 13.3. The zero-order valence-electron chi connectivity index (χ0n) is 21.5. The highest BCUT2D eigenvalue weighted by molar-refractivity contribution is 7.92. The van der Waals surface area contributed by atoms with Crippen LogP contribution in [0.1, 0.15) is 37.8 Å². The molecule has 0 amide bonds. The van der Waals surface area contributed by atoms with Crippen LogP contribution in [0.4, 0.5) is 5.69 Å². The number of anilines is 1. The van der Waals surface area contributed by atoms with E-state index in [2.05, 4.69) is 40.5 Å². The molecule has 0 radical (unpaired) electrons. The minimum absolute atomic E-state index is 0.285. The summed E-state index contributed by atoms with van der Waals surface area (Å²) in [5.74, 6) is 0.405. The summed E-state index contributed by atoms with van der Waals surface area (Å²) < 4.78 is 31.3. The molecule has 2 heterocycles. The molecular weight excluding hydrogens is 458 g/mol. The number of nitrogens with zero attached hydrogens (tertiary/aromatic N) is 4. The van der Waals surface area contributed by atoms with Gasteiger partial charge in [-0.3, -0.25) is 9.40 Å². The lowest BCUT2D eigenvalue weighted by Gasteiger charge is -2.19. The number of fused-ring (bicyclic) bond motifs is 1. The van der Waals surface area contributed by atoms with E-state index in [-0.39, 0.29) is 4.90 Å². The summed E-state index contributed by atoms with van der Waals surface area (Å²) >= 11 is 0. The van der Waals surface area contributed by atoms with Crippen LogP contribution in [-0.2, 0) is 29.9 Å². The number of rotatable bonds is 9. The lowest BCUT2D eigenvalue weighted by atomic mass is 10.00. The smallest absolute Gasteiger partial charge is 0.261 e. The Labute approximate surface area is 210 Å². The predicted molar refractivity (Wildman–Crippen MR) is 143 cm³/mol. The summed E-state index contributed by atoms with van der Waals surface area (Å²) in [6, 6.07) is 11.3. The van der Waals surface area contributed by atoms with Gasteiger partial charge in [0.15, 0.2) is 0 Å². The summed E-state index contributed by atoms with van der Waals surface area (Å²) in [5, 5.41) is 5.28. The molecule has 1 fully saturated rings. The fraction of sp³-hybridized carbons (Fsp3) is 0.519. The third-order valence-electron chi connectivity index (χ3n) is 6.74. The van der Waals surface area contributed by atoms with Crippen molar-refractivity contribution in [2.75, 3.05) is 44.5 Å². The molecule has 2 aromatic carbocycles. The Kier molecular flexibility index (Phi) is 8.14. The minimum Gasteiger partial charge on any atom is -0.305 e. The average molecular weight is 498 g/mol. The van der Waals surface area contributed by atoms with E-state index in [4.69, 9.17) is 0 Å². The third kappa shape index (κ3) is 6.63. The van der Waals surface area contributed by atoms with Gasteiger partial charge in [-0.05, 0) is 87.6 Å². The molecule has 8 heteroatoms. The molecule has 1 aliphatic rings. The SMILES string of the molecule is CC(C)Cc1ccc2nn(C)cc2c1NS(=O)(=O)c1ccc(CCCN2CCCN(C)CC2)cc1. The van der Waals surface area contributed by atoms with Crippen LogP contribution in [0.5, 0.6) is 0 Å². The maximum Gasteiger partial charge on any atom is 0.261 e. The van der Waals surface area contributed by atoms with Gasteiger partial charge in [-0.2, -0.15) is 5.10 Å². The van der Waals surface area contributed by atoms with Crippen molar-refractivity contribution in [2.45, 2.75) is 44.4 Å². The molecule has 1 aliphatic heterocycles. The Hall–Kier alpha value is -2.42.